The van der Waals surface area contributed by atoms with Gasteiger partial charge in [0.2, 0.25) is 5.91 Å². The quantitative estimate of drug-likeness (QED) is 0.607. The van der Waals surface area contributed by atoms with Crippen molar-refractivity contribution in [2.24, 2.45) is 5.92 Å². The molecule has 2 aliphatic heterocycles. The van der Waals surface area contributed by atoms with Crippen LogP contribution in [0.5, 0.6) is 0 Å². The number of morpholine rings is 1. The first-order chi connectivity index (χ1) is 16.7. The van der Waals surface area contributed by atoms with Gasteiger partial charge in [0.15, 0.2) is 5.78 Å². The number of hydrogen-bond acceptors (Lipinski definition) is 5. The third-order valence-electron chi connectivity index (χ3n) is 6.82. The Morgan fingerprint density at radius 3 is 2.29 bits per heavy atom. The lowest BCUT2D eigenvalue weighted by Crippen LogP contribution is -2.47. The minimum Gasteiger partial charge on any atom is -0.378 e. The summed E-state index contributed by atoms with van der Waals surface area (Å²) in [4.78, 5) is 29.7. The van der Waals surface area contributed by atoms with Crippen LogP contribution in [0.3, 0.4) is 0 Å². The Labute approximate surface area is 203 Å². The number of nitrogens with one attached hydrogen (secondary N) is 1. The Hall–Kier alpha value is -2.91. The van der Waals surface area contributed by atoms with Gasteiger partial charge in [-0.3, -0.25) is 14.5 Å². The Balaban J connectivity index is 1.43. The van der Waals surface area contributed by atoms with Gasteiger partial charge in [0.25, 0.3) is 0 Å². The number of carbonyl (C=O) groups is 2. The zero-order valence-corrected chi connectivity index (χ0v) is 19.7. The number of hydrogen-bond donors (Lipinski definition) is 1. The first-order valence-corrected chi connectivity index (χ1v) is 11.9. The van der Waals surface area contributed by atoms with Gasteiger partial charge in [-0.2, -0.15) is 13.2 Å². The molecule has 2 saturated heterocycles. The molecule has 0 bridgehead atoms. The van der Waals surface area contributed by atoms with Crippen molar-refractivity contribution in [2.75, 3.05) is 49.6 Å². The molecule has 4 rings (SSSR count). The van der Waals surface area contributed by atoms with Gasteiger partial charge in [0.05, 0.1) is 36.2 Å². The zero-order chi connectivity index (χ0) is 25.0. The summed E-state index contributed by atoms with van der Waals surface area (Å²) in [5, 5.41) is 2.75. The number of ketones is 1. The van der Waals surface area contributed by atoms with Crippen molar-refractivity contribution in [3.8, 4) is 0 Å². The number of anilines is 2. The van der Waals surface area contributed by atoms with E-state index in [9.17, 15) is 22.8 Å². The van der Waals surface area contributed by atoms with Crippen LogP contribution in [-0.2, 0) is 15.7 Å². The number of alkyl halides is 3. The number of nitrogens with zero attached hydrogens (tertiary/aromatic N) is 2. The molecule has 0 aliphatic carbocycles. The summed E-state index contributed by atoms with van der Waals surface area (Å²) < 4.78 is 45.5. The van der Waals surface area contributed by atoms with Crippen LogP contribution in [0, 0.1) is 5.92 Å². The predicted octanol–water partition coefficient (Wildman–Crippen LogP) is 4.46. The van der Waals surface area contributed by atoms with E-state index in [4.69, 9.17) is 4.74 Å². The highest BCUT2D eigenvalue weighted by Gasteiger charge is 2.33. The minimum atomic E-state index is -4.51. The molecule has 6 nitrogen and oxygen atoms in total. The number of likely N-dealkylation sites (tertiary alicyclic amines) is 1. The van der Waals surface area contributed by atoms with E-state index in [2.05, 4.69) is 5.32 Å². The summed E-state index contributed by atoms with van der Waals surface area (Å²) in [5.74, 6) is -0.353. The molecule has 0 spiro atoms. The minimum absolute atomic E-state index is 0.0969. The summed E-state index contributed by atoms with van der Waals surface area (Å²) in [6.45, 7) is 4.90. The molecule has 2 fully saturated rings. The smallest absolute Gasteiger partial charge is 0.378 e. The molecule has 1 amide bonds. The number of ether oxygens (including phenoxy) is 1. The van der Waals surface area contributed by atoms with Gasteiger partial charge in [-0.25, -0.2) is 0 Å². The van der Waals surface area contributed by atoms with Crippen LogP contribution in [0.15, 0.2) is 48.5 Å². The normalized spacial score (nSPS) is 18.8. The molecule has 188 valence electrons. The van der Waals surface area contributed by atoms with Crippen molar-refractivity contribution in [3.63, 3.8) is 0 Å². The van der Waals surface area contributed by atoms with Gasteiger partial charge in [-0.15, -0.1) is 0 Å². The molecule has 1 unspecified atom stereocenters. The second-order valence-corrected chi connectivity index (χ2v) is 9.03. The predicted molar refractivity (Wildman–Crippen MR) is 128 cm³/mol. The van der Waals surface area contributed by atoms with Crippen LogP contribution in [0.4, 0.5) is 24.5 Å². The maximum absolute atomic E-state index is 13.4. The van der Waals surface area contributed by atoms with Crippen molar-refractivity contribution >= 4 is 23.1 Å². The lowest BCUT2D eigenvalue weighted by molar-refractivity contribution is -0.137. The number of Topliss-reactive ketones (excluding diaryl/α,β-unsaturated/α-hetero) is 1. The zero-order valence-electron chi connectivity index (χ0n) is 19.7. The summed E-state index contributed by atoms with van der Waals surface area (Å²) in [7, 11) is 0. The summed E-state index contributed by atoms with van der Waals surface area (Å²) in [6.07, 6.45) is -3.25. The third-order valence-corrected chi connectivity index (χ3v) is 6.82. The number of piperidine rings is 1. The van der Waals surface area contributed by atoms with Crippen LogP contribution in [0.25, 0.3) is 0 Å². The lowest BCUT2D eigenvalue weighted by atomic mass is 9.88. The van der Waals surface area contributed by atoms with Crippen molar-refractivity contribution in [1.29, 1.82) is 0 Å². The highest BCUT2D eigenvalue weighted by Crippen LogP contribution is 2.36. The second kappa shape index (κ2) is 10.8. The largest absolute Gasteiger partial charge is 0.416 e. The van der Waals surface area contributed by atoms with E-state index in [-0.39, 0.29) is 23.3 Å². The van der Waals surface area contributed by atoms with Crippen LogP contribution in [0.2, 0.25) is 0 Å². The fourth-order valence-electron chi connectivity index (χ4n) is 4.68. The summed E-state index contributed by atoms with van der Waals surface area (Å²) >= 11 is 0. The average Bonchev–Trinajstić information content (AvgIpc) is 2.88. The number of rotatable bonds is 6. The summed E-state index contributed by atoms with van der Waals surface area (Å²) in [5.41, 5.74) is 0.580. The molecule has 1 N–H and O–H groups in total. The van der Waals surface area contributed by atoms with E-state index in [1.807, 2.05) is 40.1 Å². The SMILES string of the molecule is CC(C(=O)Nc1cc(C(F)(F)F)ccc1N1CCOCC1)N1CCC(C(=O)c2ccccc2)CC1. The lowest BCUT2D eigenvalue weighted by Gasteiger charge is -2.35. The Morgan fingerprint density at radius 2 is 1.66 bits per heavy atom. The second-order valence-electron chi connectivity index (χ2n) is 9.03. The first kappa shape index (κ1) is 25.2. The number of halogens is 3. The van der Waals surface area contributed by atoms with Gasteiger partial charge in [0, 0.05) is 24.6 Å². The average molecular weight is 490 g/mol. The standard InChI is InChI=1S/C26H30F3N3O3/c1-18(31-11-9-20(10-12-31)24(33)19-5-3-2-4-6-19)25(34)30-22-17-21(26(27,28)29)7-8-23(22)32-13-15-35-16-14-32/h2-8,17-18,20H,9-16H2,1H3,(H,30,34). The molecule has 2 aromatic rings. The van der Waals surface area contributed by atoms with E-state index < -0.39 is 17.8 Å². The van der Waals surface area contributed by atoms with Gasteiger partial charge in [-0.1, -0.05) is 30.3 Å². The van der Waals surface area contributed by atoms with E-state index >= 15 is 0 Å². The van der Waals surface area contributed by atoms with Crippen LogP contribution in [-0.4, -0.2) is 62.0 Å². The van der Waals surface area contributed by atoms with E-state index in [0.717, 1.165) is 12.1 Å². The molecule has 35 heavy (non-hydrogen) atoms. The topological polar surface area (TPSA) is 61.9 Å². The number of benzene rings is 2. The van der Waals surface area contributed by atoms with Crippen molar-refractivity contribution in [2.45, 2.75) is 32.0 Å². The molecular weight excluding hydrogens is 459 g/mol. The fraction of sp³-hybridized carbons (Fsp3) is 0.462. The fourth-order valence-corrected chi connectivity index (χ4v) is 4.68. The summed E-state index contributed by atoms with van der Waals surface area (Å²) in [6, 6.07) is 12.1. The van der Waals surface area contributed by atoms with Crippen molar-refractivity contribution in [3.05, 3.63) is 59.7 Å². The highest BCUT2D eigenvalue weighted by atomic mass is 19.4. The molecule has 1 atom stereocenters. The molecule has 2 aliphatic rings. The molecule has 0 aromatic heterocycles. The van der Waals surface area contributed by atoms with Crippen LogP contribution >= 0.6 is 0 Å². The Kier molecular flexibility index (Phi) is 7.76. The van der Waals surface area contributed by atoms with Gasteiger partial charge < -0.3 is 15.0 Å². The molecule has 0 radical (unpaired) electrons. The van der Waals surface area contributed by atoms with Crippen molar-refractivity contribution < 1.29 is 27.5 Å². The molecule has 0 saturated carbocycles. The van der Waals surface area contributed by atoms with Crippen molar-refractivity contribution in [1.82, 2.24) is 4.90 Å². The monoisotopic (exact) mass is 489 g/mol. The van der Waals surface area contributed by atoms with Crippen LogP contribution in [0.1, 0.15) is 35.7 Å². The van der Waals surface area contributed by atoms with Crippen LogP contribution < -0.4 is 10.2 Å². The molecule has 9 heteroatoms. The Bertz CT molecular complexity index is 1030. The maximum Gasteiger partial charge on any atom is 0.416 e. The Morgan fingerprint density at radius 1 is 1.00 bits per heavy atom. The third kappa shape index (κ3) is 6.02. The van der Waals surface area contributed by atoms with Gasteiger partial charge in [-0.05, 0) is 51.1 Å². The van der Waals surface area contributed by atoms with Gasteiger partial charge >= 0.3 is 6.18 Å². The maximum atomic E-state index is 13.4. The number of amides is 1. The number of carbonyl (C=O) groups excluding carboxylic acids is 2. The van der Waals surface area contributed by atoms with E-state index in [1.165, 1.54) is 6.07 Å². The van der Waals surface area contributed by atoms with E-state index in [0.29, 0.717) is 63.5 Å². The molecule has 2 heterocycles. The van der Waals surface area contributed by atoms with Gasteiger partial charge in [0.1, 0.15) is 0 Å². The first-order valence-electron chi connectivity index (χ1n) is 11.9. The highest BCUT2D eigenvalue weighted by molar-refractivity contribution is 5.98. The van der Waals surface area contributed by atoms with E-state index in [1.54, 1.807) is 6.92 Å². The molecular formula is C26H30F3N3O3. The molecule has 2 aromatic carbocycles.